The van der Waals surface area contributed by atoms with E-state index in [1.54, 1.807) is 7.11 Å². The summed E-state index contributed by atoms with van der Waals surface area (Å²) < 4.78 is 21.6. The van der Waals surface area contributed by atoms with Crippen molar-refractivity contribution in [3.63, 3.8) is 0 Å². The quantitative estimate of drug-likeness (QED) is 0.710. The van der Waals surface area contributed by atoms with Crippen LogP contribution in [0, 0.1) is 0 Å². The van der Waals surface area contributed by atoms with Gasteiger partial charge in [-0.3, -0.25) is 0 Å². The summed E-state index contributed by atoms with van der Waals surface area (Å²) in [5.74, 6) is 2.17. The first-order valence-electron chi connectivity index (χ1n) is 7.87. The second-order valence-corrected chi connectivity index (χ2v) is 5.25. The highest BCUT2D eigenvalue weighted by molar-refractivity contribution is 5.77. The summed E-state index contributed by atoms with van der Waals surface area (Å²) in [5.41, 5.74) is 7.94. The van der Waals surface area contributed by atoms with E-state index in [-0.39, 0.29) is 6.08 Å². The van der Waals surface area contributed by atoms with Crippen LogP contribution in [0.5, 0.6) is 17.6 Å². The van der Waals surface area contributed by atoms with Crippen molar-refractivity contribution in [2.45, 2.75) is 0 Å². The van der Waals surface area contributed by atoms with Gasteiger partial charge in [-0.1, -0.05) is 0 Å². The van der Waals surface area contributed by atoms with Crippen LogP contribution < -0.4 is 19.9 Å². The van der Waals surface area contributed by atoms with Crippen molar-refractivity contribution in [1.29, 1.82) is 0 Å². The van der Waals surface area contributed by atoms with E-state index in [9.17, 15) is 0 Å². The third-order valence-corrected chi connectivity index (χ3v) is 3.65. The van der Waals surface area contributed by atoms with Gasteiger partial charge < -0.3 is 24.4 Å². The molecule has 6 nitrogen and oxygen atoms in total. The monoisotopic (exact) mass is 340 g/mol. The van der Waals surface area contributed by atoms with Gasteiger partial charge in [-0.15, -0.1) is 0 Å². The van der Waals surface area contributed by atoms with Crippen LogP contribution in [-0.4, -0.2) is 32.4 Å². The van der Waals surface area contributed by atoms with E-state index in [4.69, 9.17) is 24.4 Å². The van der Waals surface area contributed by atoms with E-state index in [0.717, 1.165) is 22.6 Å². The maximum atomic E-state index is 5.76. The summed E-state index contributed by atoms with van der Waals surface area (Å²) in [6, 6.07) is 15.2. The van der Waals surface area contributed by atoms with Crippen molar-refractivity contribution in [1.82, 2.24) is 4.98 Å². The molecule has 0 fully saturated rings. The van der Waals surface area contributed by atoms with Crippen LogP contribution in [0.2, 0.25) is 0 Å². The zero-order valence-electron chi connectivity index (χ0n) is 14.2. The first kappa shape index (κ1) is 16.9. The van der Waals surface area contributed by atoms with Crippen molar-refractivity contribution in [3.8, 4) is 40.2 Å². The second kappa shape index (κ2) is 7.72. The third kappa shape index (κ3) is 3.75. The maximum Gasteiger partial charge on any atom is 0.394 e. The number of aromatic nitrogens is 1. The average molecular weight is 340 g/mol. The van der Waals surface area contributed by atoms with Gasteiger partial charge in [0.25, 0.3) is 0 Å². The Hall–Kier alpha value is -2.99. The van der Waals surface area contributed by atoms with Gasteiger partial charge in [-0.25, -0.2) is 0 Å². The topological polar surface area (TPSA) is 79.7 Å². The van der Waals surface area contributed by atoms with Crippen molar-refractivity contribution >= 4 is 0 Å². The molecule has 130 valence electrons. The summed E-state index contributed by atoms with van der Waals surface area (Å²) in [5, 5.41) is 0. The molecule has 0 bridgehead atoms. The fourth-order valence-corrected chi connectivity index (χ4v) is 2.41. The van der Waals surface area contributed by atoms with Crippen LogP contribution in [0.3, 0.4) is 0 Å². The second-order valence-electron chi connectivity index (χ2n) is 5.25. The van der Waals surface area contributed by atoms with Crippen molar-refractivity contribution < 1.29 is 18.6 Å². The Balaban J connectivity index is 1.96. The number of benzene rings is 2. The minimum Gasteiger partial charge on any atom is -0.497 e. The zero-order valence-corrected chi connectivity index (χ0v) is 14.2. The van der Waals surface area contributed by atoms with Gasteiger partial charge in [-0.2, -0.15) is 4.98 Å². The first-order chi connectivity index (χ1) is 12.2. The highest BCUT2D eigenvalue weighted by Gasteiger charge is 2.17. The van der Waals surface area contributed by atoms with Gasteiger partial charge in [0, 0.05) is 17.7 Å². The van der Waals surface area contributed by atoms with Gasteiger partial charge >= 0.3 is 6.08 Å². The smallest absolute Gasteiger partial charge is 0.394 e. The molecule has 0 aliphatic heterocycles. The Kier molecular flexibility index (Phi) is 5.20. The fraction of sp³-hybridized carbons (Fsp3) is 0.211. The normalized spacial score (nSPS) is 10.5. The molecule has 1 aromatic heterocycles. The number of nitrogens with two attached hydrogens (primary N) is 1. The Morgan fingerprint density at radius 1 is 0.880 bits per heavy atom. The number of oxazole rings is 1. The van der Waals surface area contributed by atoms with E-state index >= 15 is 0 Å². The van der Waals surface area contributed by atoms with Gasteiger partial charge in [0.1, 0.15) is 23.8 Å². The summed E-state index contributed by atoms with van der Waals surface area (Å²) in [7, 11) is 3.16. The molecule has 0 radical (unpaired) electrons. The number of nitrogens with zero attached hydrogens (tertiary/aromatic N) is 1. The van der Waals surface area contributed by atoms with Crippen molar-refractivity contribution in [2.24, 2.45) is 5.73 Å². The molecule has 3 aromatic rings. The molecule has 0 aliphatic carbocycles. The molecule has 6 heteroatoms. The van der Waals surface area contributed by atoms with Gasteiger partial charge in [0.05, 0.1) is 14.2 Å². The minimum atomic E-state index is 0.212. The lowest BCUT2D eigenvalue weighted by molar-refractivity contribution is 0.293. The Morgan fingerprint density at radius 3 is 2.12 bits per heavy atom. The van der Waals surface area contributed by atoms with E-state index < -0.39 is 0 Å². The van der Waals surface area contributed by atoms with Crippen LogP contribution in [0.15, 0.2) is 52.9 Å². The van der Waals surface area contributed by atoms with Gasteiger partial charge in [0.2, 0.25) is 0 Å². The number of hydrogen-bond acceptors (Lipinski definition) is 6. The summed E-state index contributed by atoms with van der Waals surface area (Å²) in [6.45, 7) is 0.954. The number of rotatable bonds is 7. The fourth-order valence-electron chi connectivity index (χ4n) is 2.41. The molecule has 3 rings (SSSR count). The average Bonchev–Trinajstić information content (AvgIpc) is 3.11. The van der Waals surface area contributed by atoms with Gasteiger partial charge in [-0.05, 0) is 48.5 Å². The van der Waals surface area contributed by atoms with Crippen LogP contribution in [0.1, 0.15) is 0 Å². The lowest BCUT2D eigenvalue weighted by Crippen LogP contribution is -2.10. The SMILES string of the molecule is COc1ccc(-c2nc(OC)oc2-c2ccc(OCCN)cc2)cc1. The Morgan fingerprint density at radius 2 is 1.52 bits per heavy atom. The maximum absolute atomic E-state index is 5.76. The number of methoxy groups -OCH3 is 2. The van der Waals surface area contributed by atoms with E-state index in [1.807, 2.05) is 48.5 Å². The van der Waals surface area contributed by atoms with Crippen LogP contribution >= 0.6 is 0 Å². The molecule has 0 saturated heterocycles. The predicted molar refractivity (Wildman–Crippen MR) is 95.0 cm³/mol. The molecule has 2 N–H and O–H groups in total. The zero-order chi connectivity index (χ0) is 17.6. The molecule has 0 unspecified atom stereocenters. The molecule has 1 heterocycles. The van der Waals surface area contributed by atoms with E-state index in [0.29, 0.717) is 24.6 Å². The Bertz CT molecular complexity index is 810. The minimum absolute atomic E-state index is 0.212. The highest BCUT2D eigenvalue weighted by Crippen LogP contribution is 2.36. The van der Waals surface area contributed by atoms with E-state index in [1.165, 1.54) is 7.11 Å². The lowest BCUT2D eigenvalue weighted by Gasteiger charge is -2.06. The summed E-state index contributed by atoms with van der Waals surface area (Å²) in [4.78, 5) is 4.43. The van der Waals surface area contributed by atoms with Crippen LogP contribution in [0.4, 0.5) is 0 Å². The van der Waals surface area contributed by atoms with Crippen LogP contribution in [0.25, 0.3) is 22.6 Å². The van der Waals surface area contributed by atoms with Crippen molar-refractivity contribution in [2.75, 3.05) is 27.4 Å². The molecule has 0 saturated carbocycles. The van der Waals surface area contributed by atoms with Crippen LogP contribution in [-0.2, 0) is 0 Å². The predicted octanol–water partition coefficient (Wildman–Crippen LogP) is 3.36. The van der Waals surface area contributed by atoms with Crippen molar-refractivity contribution in [3.05, 3.63) is 48.5 Å². The molecule has 0 aliphatic rings. The molecule has 25 heavy (non-hydrogen) atoms. The first-order valence-corrected chi connectivity index (χ1v) is 7.87. The largest absolute Gasteiger partial charge is 0.497 e. The molecule has 0 atom stereocenters. The number of hydrogen-bond donors (Lipinski definition) is 1. The summed E-state index contributed by atoms with van der Waals surface area (Å²) in [6.07, 6.45) is 0.212. The molecule has 2 aromatic carbocycles. The summed E-state index contributed by atoms with van der Waals surface area (Å²) >= 11 is 0. The third-order valence-electron chi connectivity index (χ3n) is 3.65. The highest BCUT2D eigenvalue weighted by atomic mass is 16.6. The lowest BCUT2D eigenvalue weighted by atomic mass is 10.1. The molecular weight excluding hydrogens is 320 g/mol. The molecular formula is C19H20N2O4. The molecule has 0 spiro atoms. The van der Waals surface area contributed by atoms with Gasteiger partial charge in [0.15, 0.2) is 5.76 Å². The Labute approximate surface area is 146 Å². The number of ether oxygens (including phenoxy) is 3. The van der Waals surface area contributed by atoms with E-state index in [2.05, 4.69) is 4.98 Å². The standard InChI is InChI=1S/C19H20N2O4/c1-22-15-7-3-13(4-8-15)17-18(25-19(21-17)23-2)14-5-9-16(10-6-14)24-12-11-20/h3-10H,11-12,20H2,1-2H3. The molecule has 0 amide bonds.